The van der Waals surface area contributed by atoms with E-state index in [-0.39, 0.29) is 17.9 Å². The Bertz CT molecular complexity index is 1910. The van der Waals surface area contributed by atoms with Crippen molar-refractivity contribution in [1.29, 1.82) is 0 Å². The molecule has 1 aliphatic rings. The number of nitro groups is 1. The van der Waals surface area contributed by atoms with Crippen LogP contribution in [0.3, 0.4) is 0 Å². The Morgan fingerprint density at radius 1 is 1.16 bits per heavy atom. The molecule has 5 rings (SSSR count). The Labute approximate surface area is 262 Å². The van der Waals surface area contributed by atoms with E-state index in [1.807, 2.05) is 31.2 Å². The van der Waals surface area contributed by atoms with Gasteiger partial charge < -0.3 is 4.74 Å². The summed E-state index contributed by atoms with van der Waals surface area (Å²) in [7, 11) is 0. The first-order valence-corrected chi connectivity index (χ1v) is 15.9. The van der Waals surface area contributed by atoms with Crippen molar-refractivity contribution in [3.05, 3.63) is 119 Å². The zero-order valence-corrected chi connectivity index (χ0v) is 26.4. The Balaban J connectivity index is 1.73. The van der Waals surface area contributed by atoms with Gasteiger partial charge in [-0.1, -0.05) is 62.8 Å². The summed E-state index contributed by atoms with van der Waals surface area (Å²) < 4.78 is 7.34. The molecule has 44 heavy (non-hydrogen) atoms. The topological polar surface area (TPSA) is 130 Å². The molecule has 10 nitrogen and oxygen atoms in total. The van der Waals surface area contributed by atoms with Crippen molar-refractivity contribution in [3.8, 4) is 0 Å². The molecule has 4 aromatic rings. The molecule has 226 valence electrons. The summed E-state index contributed by atoms with van der Waals surface area (Å²) >= 11 is 2.42. The standard InChI is InChI=1S/C32H31N5O5S2/c1-5-8-24-27(30(39)42-6-2)28(21-11-9-20(10-12-21)19(3)4)36-29(38)26(44-32(36)35-24)18-22-17-23(37(40)41)13-14-25(22)43-31-33-15-7-16-34-31/h7,9-19,28H,5-6,8H2,1-4H3/b26-18+/t28-/m0/s1. The summed E-state index contributed by atoms with van der Waals surface area (Å²) in [5.41, 5.74) is 2.83. The molecule has 0 radical (unpaired) electrons. The van der Waals surface area contributed by atoms with Gasteiger partial charge in [0.25, 0.3) is 11.2 Å². The monoisotopic (exact) mass is 629 g/mol. The molecule has 0 unspecified atom stereocenters. The molecular formula is C32H31N5O5S2. The molecule has 1 atom stereocenters. The number of fused-ring (bicyclic) bond motifs is 1. The second kappa shape index (κ2) is 13.5. The fraction of sp³-hybridized carbons (Fsp3) is 0.281. The van der Waals surface area contributed by atoms with Crippen molar-refractivity contribution >= 4 is 40.8 Å². The lowest BCUT2D eigenvalue weighted by Gasteiger charge is -2.26. The van der Waals surface area contributed by atoms with Crippen molar-refractivity contribution in [2.24, 2.45) is 4.99 Å². The molecule has 2 aromatic carbocycles. The summed E-state index contributed by atoms with van der Waals surface area (Å²) in [6.45, 7) is 8.14. The van der Waals surface area contributed by atoms with Gasteiger partial charge in [-0.25, -0.2) is 19.8 Å². The van der Waals surface area contributed by atoms with E-state index in [0.717, 1.165) is 17.5 Å². The van der Waals surface area contributed by atoms with E-state index in [4.69, 9.17) is 9.73 Å². The fourth-order valence-corrected chi connectivity index (χ4v) is 6.74. The summed E-state index contributed by atoms with van der Waals surface area (Å²) in [5, 5.41) is 12.1. The zero-order chi connectivity index (χ0) is 31.4. The average molecular weight is 630 g/mol. The number of non-ortho nitro benzene ring substituents is 1. The fourth-order valence-electron chi connectivity index (χ4n) is 4.93. The lowest BCUT2D eigenvalue weighted by Crippen LogP contribution is -2.40. The first-order valence-electron chi connectivity index (χ1n) is 14.3. The number of ether oxygens (including phenoxy) is 1. The predicted octanol–water partition coefficient (Wildman–Crippen LogP) is 5.55. The van der Waals surface area contributed by atoms with Crippen LogP contribution >= 0.6 is 23.1 Å². The van der Waals surface area contributed by atoms with Crippen molar-refractivity contribution in [2.75, 3.05) is 6.61 Å². The van der Waals surface area contributed by atoms with Gasteiger partial charge in [-0.3, -0.25) is 19.5 Å². The predicted molar refractivity (Wildman–Crippen MR) is 169 cm³/mol. The van der Waals surface area contributed by atoms with E-state index in [9.17, 15) is 19.7 Å². The number of hydrogen-bond donors (Lipinski definition) is 0. The van der Waals surface area contributed by atoms with Crippen molar-refractivity contribution in [1.82, 2.24) is 14.5 Å². The summed E-state index contributed by atoms with van der Waals surface area (Å²) in [6, 6.07) is 13.3. The first kappa shape index (κ1) is 31.0. The first-order chi connectivity index (χ1) is 21.2. The average Bonchev–Trinajstić information content (AvgIpc) is 3.32. The Morgan fingerprint density at radius 2 is 1.89 bits per heavy atom. The summed E-state index contributed by atoms with van der Waals surface area (Å²) in [4.78, 5) is 53.2. The normalized spacial score (nSPS) is 14.8. The third-order valence-corrected chi connectivity index (χ3v) is 9.01. The maximum atomic E-state index is 14.2. The lowest BCUT2D eigenvalue weighted by atomic mass is 9.92. The molecule has 3 heterocycles. The number of carbonyl (C=O) groups excluding carboxylic acids is 1. The number of rotatable bonds is 10. The van der Waals surface area contributed by atoms with Crippen molar-refractivity contribution < 1.29 is 14.5 Å². The number of nitrogens with zero attached hydrogens (tertiary/aromatic N) is 5. The van der Waals surface area contributed by atoms with Crippen LogP contribution in [0.5, 0.6) is 0 Å². The quantitative estimate of drug-likeness (QED) is 0.0966. The van der Waals surface area contributed by atoms with Crippen LogP contribution in [-0.4, -0.2) is 32.0 Å². The van der Waals surface area contributed by atoms with E-state index in [0.29, 0.717) is 48.6 Å². The lowest BCUT2D eigenvalue weighted by molar-refractivity contribution is -0.384. The molecular weight excluding hydrogens is 599 g/mol. The molecule has 0 fully saturated rings. The van der Waals surface area contributed by atoms with Crippen LogP contribution in [0, 0.1) is 10.1 Å². The maximum Gasteiger partial charge on any atom is 0.338 e. The van der Waals surface area contributed by atoms with Crippen LogP contribution in [0.25, 0.3) is 6.08 Å². The van der Waals surface area contributed by atoms with E-state index in [1.54, 1.807) is 37.5 Å². The Morgan fingerprint density at radius 3 is 2.52 bits per heavy atom. The highest BCUT2D eigenvalue weighted by molar-refractivity contribution is 7.99. The minimum absolute atomic E-state index is 0.111. The van der Waals surface area contributed by atoms with E-state index in [2.05, 4.69) is 23.8 Å². The number of nitro benzene ring substituents is 1. The molecule has 2 aromatic heterocycles. The van der Waals surface area contributed by atoms with Crippen LogP contribution in [0.2, 0.25) is 0 Å². The van der Waals surface area contributed by atoms with Gasteiger partial charge in [0.05, 0.1) is 33.4 Å². The van der Waals surface area contributed by atoms with Gasteiger partial charge in [0.15, 0.2) is 9.96 Å². The van der Waals surface area contributed by atoms with Crippen LogP contribution < -0.4 is 14.9 Å². The van der Waals surface area contributed by atoms with Gasteiger partial charge >= 0.3 is 5.97 Å². The highest BCUT2D eigenvalue weighted by Gasteiger charge is 2.34. The number of hydrogen-bond acceptors (Lipinski definition) is 10. The van der Waals surface area contributed by atoms with Gasteiger partial charge in [-0.2, -0.15) is 0 Å². The van der Waals surface area contributed by atoms with Gasteiger partial charge in [-0.05, 0) is 65.9 Å². The third kappa shape index (κ3) is 6.41. The smallest absolute Gasteiger partial charge is 0.338 e. The molecule has 0 aliphatic carbocycles. The van der Waals surface area contributed by atoms with Gasteiger partial charge in [-0.15, -0.1) is 0 Å². The van der Waals surface area contributed by atoms with Crippen LogP contribution in [0.15, 0.2) is 92.0 Å². The minimum atomic E-state index is -0.744. The van der Waals surface area contributed by atoms with Gasteiger partial charge in [0.2, 0.25) is 0 Å². The molecule has 0 amide bonds. The molecule has 0 spiro atoms. The second-order valence-corrected chi connectivity index (χ2v) is 12.4. The molecule has 12 heteroatoms. The number of allylic oxidation sites excluding steroid dienone is 1. The molecule has 0 saturated carbocycles. The maximum absolute atomic E-state index is 14.2. The second-order valence-electron chi connectivity index (χ2n) is 10.3. The van der Waals surface area contributed by atoms with Crippen molar-refractivity contribution in [3.63, 3.8) is 0 Å². The highest BCUT2D eigenvalue weighted by Crippen LogP contribution is 2.34. The Kier molecular flexibility index (Phi) is 9.50. The number of benzene rings is 2. The zero-order valence-electron chi connectivity index (χ0n) is 24.7. The van der Waals surface area contributed by atoms with Crippen LogP contribution in [0.1, 0.15) is 69.2 Å². The van der Waals surface area contributed by atoms with Gasteiger partial charge in [0.1, 0.15) is 0 Å². The number of esters is 1. The molecule has 0 N–H and O–H groups in total. The van der Waals surface area contributed by atoms with Crippen LogP contribution in [-0.2, 0) is 9.53 Å². The van der Waals surface area contributed by atoms with Gasteiger partial charge in [0, 0.05) is 29.4 Å². The molecule has 0 saturated heterocycles. The number of thiazole rings is 1. The van der Waals surface area contributed by atoms with E-state index >= 15 is 0 Å². The SMILES string of the molecule is CCCC1=C(C(=O)OCC)[C@H](c2ccc(C(C)C)cc2)n2c(s/c(=C/c3cc([N+](=O)[O-])ccc3Sc3ncccn3)c2=O)=N1. The third-order valence-electron chi connectivity index (χ3n) is 7.05. The van der Waals surface area contributed by atoms with Crippen LogP contribution in [0.4, 0.5) is 5.69 Å². The van der Waals surface area contributed by atoms with Crippen molar-refractivity contribution in [2.45, 2.75) is 62.5 Å². The molecule has 1 aliphatic heterocycles. The molecule has 0 bridgehead atoms. The highest BCUT2D eigenvalue weighted by atomic mass is 32.2. The Hall–Kier alpha value is -4.42. The van der Waals surface area contributed by atoms with E-state index < -0.39 is 16.9 Å². The summed E-state index contributed by atoms with van der Waals surface area (Å²) in [6.07, 6.45) is 6.13. The summed E-state index contributed by atoms with van der Waals surface area (Å²) in [5.74, 6) is -0.197. The minimum Gasteiger partial charge on any atom is -0.463 e. The number of carbonyl (C=O) groups is 1. The number of aromatic nitrogens is 3. The van der Waals surface area contributed by atoms with E-state index in [1.165, 1.54) is 39.8 Å². The largest absolute Gasteiger partial charge is 0.463 e.